The molecule has 4 N–H and O–H groups in total. The first-order chi connectivity index (χ1) is 21.8. The minimum atomic E-state index is -0.484. The van der Waals surface area contributed by atoms with E-state index in [1.165, 1.54) is 0 Å². The zero-order valence-electron chi connectivity index (χ0n) is 24.8. The number of carboxylic acid groups (broad SMARTS) is 1. The van der Waals surface area contributed by atoms with Crippen LogP contribution < -0.4 is 15.8 Å². The maximum Gasteiger partial charge on any atom is 0.290 e. The summed E-state index contributed by atoms with van der Waals surface area (Å²) in [5, 5.41) is 15.2. The predicted octanol–water partition coefficient (Wildman–Crippen LogP) is 2.15. The molecule has 13 heteroatoms. The smallest absolute Gasteiger partial charge is 0.290 e. The van der Waals surface area contributed by atoms with Gasteiger partial charge in [0, 0.05) is 51.1 Å². The number of nitrogens with two attached hydrogens (primary N) is 1. The summed E-state index contributed by atoms with van der Waals surface area (Å²) in [7, 11) is 1.82. The van der Waals surface area contributed by atoms with Crippen molar-refractivity contribution in [3.05, 3.63) is 83.7 Å². The standard InChI is InChI=1S/C31H33N7O4.CH2O2/c1-36-26-11-3-2-9-22(26)28(35-36)31(41)38-18-23-20-7-4-8-21(17-20)42-16-6-14-37(15-13-33-29(39)24(23)19-38)30(40)25-10-5-12-27(32)34-25;2-1-3/h2-5,7-12,17,23-24H,6,13-16,18-19H2,1H3,(H2,32,34)(H,33,39);1H,(H,2,3)/t23-,24+;/m1./s1. The third-order valence-corrected chi connectivity index (χ3v) is 7.99. The lowest BCUT2D eigenvalue weighted by Gasteiger charge is -2.25. The van der Waals surface area contributed by atoms with Gasteiger partial charge in [-0.25, -0.2) is 4.98 Å². The summed E-state index contributed by atoms with van der Waals surface area (Å²) in [6.45, 7) is 1.77. The zero-order chi connectivity index (χ0) is 31.9. The van der Waals surface area contributed by atoms with E-state index in [4.69, 9.17) is 20.4 Å². The first kappa shape index (κ1) is 31.0. The van der Waals surface area contributed by atoms with Crippen LogP contribution in [0.15, 0.2) is 66.7 Å². The van der Waals surface area contributed by atoms with E-state index < -0.39 is 5.92 Å². The van der Waals surface area contributed by atoms with Crippen LogP contribution in [-0.2, 0) is 16.6 Å². The molecule has 45 heavy (non-hydrogen) atoms. The van der Waals surface area contributed by atoms with E-state index in [-0.39, 0.29) is 54.7 Å². The number of carbonyl (C=O) groups is 4. The van der Waals surface area contributed by atoms with E-state index in [9.17, 15) is 14.4 Å². The zero-order valence-corrected chi connectivity index (χ0v) is 24.8. The fourth-order valence-electron chi connectivity index (χ4n) is 5.87. The van der Waals surface area contributed by atoms with Gasteiger partial charge in [0.05, 0.1) is 18.0 Å². The molecular formula is C32H35N7O6. The lowest BCUT2D eigenvalue weighted by Crippen LogP contribution is -2.42. The van der Waals surface area contributed by atoms with E-state index in [2.05, 4.69) is 15.4 Å². The molecule has 2 aliphatic rings. The first-order valence-corrected chi connectivity index (χ1v) is 14.6. The number of likely N-dealkylation sites (tertiary alicyclic amines) is 1. The summed E-state index contributed by atoms with van der Waals surface area (Å²) < 4.78 is 7.75. The quantitative estimate of drug-likeness (QED) is 0.286. The van der Waals surface area contributed by atoms with Crippen molar-refractivity contribution in [2.75, 3.05) is 45.1 Å². The van der Waals surface area contributed by atoms with Gasteiger partial charge in [-0.3, -0.25) is 23.9 Å². The number of ether oxygens (including phenoxy) is 1. The molecule has 4 aromatic rings. The van der Waals surface area contributed by atoms with Crippen LogP contribution in [-0.4, -0.2) is 93.2 Å². The normalized spacial score (nSPS) is 18.5. The van der Waals surface area contributed by atoms with Crippen LogP contribution in [0, 0.1) is 5.92 Å². The Kier molecular flexibility index (Phi) is 9.56. The minimum Gasteiger partial charge on any atom is -0.494 e. The highest BCUT2D eigenvalue weighted by molar-refractivity contribution is 6.05. The third-order valence-electron chi connectivity index (χ3n) is 7.99. The average molecular weight is 614 g/mol. The Balaban J connectivity index is 0.00000128. The summed E-state index contributed by atoms with van der Waals surface area (Å²) in [5.41, 5.74) is 8.24. The summed E-state index contributed by atoms with van der Waals surface area (Å²) in [4.78, 5) is 56.6. The molecule has 1 fully saturated rings. The summed E-state index contributed by atoms with van der Waals surface area (Å²) in [6, 6.07) is 20.3. The number of hydrogen-bond acceptors (Lipinski definition) is 8. The van der Waals surface area contributed by atoms with Crippen LogP contribution in [0.4, 0.5) is 5.82 Å². The van der Waals surface area contributed by atoms with Crippen molar-refractivity contribution in [3.63, 3.8) is 0 Å². The van der Waals surface area contributed by atoms with Gasteiger partial charge >= 0.3 is 0 Å². The number of nitrogen functional groups attached to an aromatic ring is 1. The van der Waals surface area contributed by atoms with Crippen molar-refractivity contribution in [2.24, 2.45) is 13.0 Å². The van der Waals surface area contributed by atoms with Crippen LogP contribution in [0.2, 0.25) is 0 Å². The fourth-order valence-corrected chi connectivity index (χ4v) is 5.87. The van der Waals surface area contributed by atoms with Crippen molar-refractivity contribution in [1.82, 2.24) is 29.9 Å². The molecule has 3 amide bonds. The molecule has 0 radical (unpaired) electrons. The number of hydrogen-bond donors (Lipinski definition) is 3. The molecule has 0 spiro atoms. The second-order valence-electron chi connectivity index (χ2n) is 10.8. The van der Waals surface area contributed by atoms with Gasteiger partial charge in [-0.15, -0.1) is 0 Å². The van der Waals surface area contributed by atoms with Crippen molar-refractivity contribution in [1.29, 1.82) is 0 Å². The summed E-state index contributed by atoms with van der Waals surface area (Å²) in [6.07, 6.45) is 0.596. The SMILES string of the molecule is Cn1nc(C(=O)N2C[C@@H]3C(=O)NCCN(C(=O)c4cccc(N)n4)CCCOc4cccc(c4)[C@H]3C2)c2ccccc21.O=CO. The lowest BCUT2D eigenvalue weighted by atomic mass is 9.88. The fraction of sp³-hybridized carbons (Fsp3) is 0.312. The van der Waals surface area contributed by atoms with Crippen LogP contribution in [0.5, 0.6) is 5.75 Å². The van der Waals surface area contributed by atoms with E-state index in [1.54, 1.807) is 32.7 Å². The molecule has 0 aliphatic carbocycles. The Morgan fingerprint density at radius 2 is 1.76 bits per heavy atom. The van der Waals surface area contributed by atoms with Crippen molar-refractivity contribution in [3.8, 4) is 5.75 Å². The lowest BCUT2D eigenvalue weighted by molar-refractivity contribution is -0.125. The van der Waals surface area contributed by atoms with Crippen LogP contribution >= 0.6 is 0 Å². The number of rotatable bonds is 2. The Bertz CT molecular complexity index is 1710. The van der Waals surface area contributed by atoms with Gasteiger partial charge in [-0.05, 0) is 42.3 Å². The van der Waals surface area contributed by atoms with E-state index in [0.29, 0.717) is 44.1 Å². The molecule has 2 bridgehead atoms. The van der Waals surface area contributed by atoms with Gasteiger partial charge in [0.2, 0.25) is 5.91 Å². The number of benzene rings is 2. The molecule has 2 aromatic heterocycles. The second kappa shape index (κ2) is 13.9. The molecular weight excluding hydrogens is 578 g/mol. The Morgan fingerprint density at radius 3 is 2.56 bits per heavy atom. The Labute approximate surface area is 259 Å². The summed E-state index contributed by atoms with van der Waals surface area (Å²) in [5.74, 6) is -0.401. The number of carbonyl (C=O) groups excluding carboxylic acids is 3. The van der Waals surface area contributed by atoms with Gasteiger partial charge in [0.25, 0.3) is 18.3 Å². The van der Waals surface area contributed by atoms with Gasteiger partial charge in [-0.2, -0.15) is 5.10 Å². The highest BCUT2D eigenvalue weighted by atomic mass is 16.5. The molecule has 13 nitrogen and oxygen atoms in total. The molecule has 1 saturated heterocycles. The van der Waals surface area contributed by atoms with E-state index >= 15 is 0 Å². The highest BCUT2D eigenvalue weighted by Gasteiger charge is 2.41. The molecule has 6 rings (SSSR count). The molecule has 4 heterocycles. The monoisotopic (exact) mass is 613 g/mol. The number of aryl methyl sites for hydroxylation is 1. The maximum atomic E-state index is 13.8. The topological polar surface area (TPSA) is 173 Å². The molecule has 2 aliphatic heterocycles. The molecule has 2 atom stereocenters. The number of nitrogens with zero attached hydrogens (tertiary/aromatic N) is 5. The number of amides is 3. The van der Waals surface area contributed by atoms with Gasteiger partial charge in [0.15, 0.2) is 5.69 Å². The third kappa shape index (κ3) is 6.87. The molecule has 0 unspecified atom stereocenters. The number of aromatic nitrogens is 3. The molecule has 0 saturated carbocycles. The maximum absolute atomic E-state index is 13.8. The van der Waals surface area contributed by atoms with E-state index in [0.717, 1.165) is 16.5 Å². The first-order valence-electron chi connectivity index (χ1n) is 14.6. The minimum absolute atomic E-state index is 0.168. The Morgan fingerprint density at radius 1 is 1.00 bits per heavy atom. The summed E-state index contributed by atoms with van der Waals surface area (Å²) >= 11 is 0. The van der Waals surface area contributed by atoms with Crippen molar-refractivity contribution < 1.29 is 29.0 Å². The van der Waals surface area contributed by atoms with Gasteiger partial charge < -0.3 is 30.7 Å². The molecule has 234 valence electrons. The largest absolute Gasteiger partial charge is 0.494 e. The van der Waals surface area contributed by atoms with Crippen molar-refractivity contribution >= 4 is 40.9 Å². The number of nitrogens with one attached hydrogen (secondary N) is 1. The van der Waals surface area contributed by atoms with Crippen LogP contribution in [0.25, 0.3) is 10.9 Å². The van der Waals surface area contributed by atoms with Crippen LogP contribution in [0.3, 0.4) is 0 Å². The van der Waals surface area contributed by atoms with Crippen LogP contribution in [0.1, 0.15) is 38.9 Å². The molecule has 2 aromatic carbocycles. The number of pyridine rings is 1. The average Bonchev–Trinajstić information content (AvgIpc) is 3.64. The number of para-hydroxylation sites is 1. The van der Waals surface area contributed by atoms with Crippen molar-refractivity contribution in [2.45, 2.75) is 12.3 Å². The number of fused-ring (bicyclic) bond motifs is 5. The highest BCUT2D eigenvalue weighted by Crippen LogP contribution is 2.36. The van der Waals surface area contributed by atoms with E-state index in [1.807, 2.05) is 55.6 Å². The van der Waals surface area contributed by atoms with Gasteiger partial charge in [0.1, 0.15) is 17.3 Å². The second-order valence-corrected chi connectivity index (χ2v) is 10.8. The predicted molar refractivity (Wildman–Crippen MR) is 166 cm³/mol. The Hall–Kier alpha value is -5.46. The number of anilines is 1. The van der Waals surface area contributed by atoms with Gasteiger partial charge in [-0.1, -0.05) is 36.4 Å².